The van der Waals surface area contributed by atoms with Gasteiger partial charge < -0.3 is 14.5 Å². The fourth-order valence-electron chi connectivity index (χ4n) is 3.69. The molecule has 2 N–H and O–H groups in total. The lowest BCUT2D eigenvalue weighted by Gasteiger charge is -2.14. The highest BCUT2D eigenvalue weighted by Crippen LogP contribution is 2.37. The number of hydrogen-bond acceptors (Lipinski definition) is 3. The second-order valence-corrected chi connectivity index (χ2v) is 9.01. The maximum Gasteiger partial charge on any atom is 0.469 e. The molecule has 0 aromatic heterocycles. The number of phosphoric acid groups is 1. The van der Waals surface area contributed by atoms with Gasteiger partial charge in [0, 0.05) is 0 Å². The lowest BCUT2D eigenvalue weighted by atomic mass is 10.0. The van der Waals surface area contributed by atoms with E-state index in [4.69, 9.17) is 14.5 Å². The van der Waals surface area contributed by atoms with Crippen molar-refractivity contribution in [2.75, 3.05) is 6.61 Å². The maximum absolute atomic E-state index is 10.7. The van der Waals surface area contributed by atoms with Crippen LogP contribution in [-0.4, -0.2) is 28.6 Å². The molecule has 0 amide bonds. The van der Waals surface area contributed by atoms with E-state index >= 15 is 0 Å². The van der Waals surface area contributed by atoms with Gasteiger partial charge in [0.15, 0.2) is 0 Å². The van der Waals surface area contributed by atoms with E-state index < -0.39 is 7.82 Å². The van der Waals surface area contributed by atoms with Crippen LogP contribution in [0, 0.1) is 0 Å². The summed E-state index contributed by atoms with van der Waals surface area (Å²) in [6.07, 6.45) is 20.6. The van der Waals surface area contributed by atoms with Gasteiger partial charge in [0.2, 0.25) is 0 Å². The highest BCUT2D eigenvalue weighted by atomic mass is 31.2. The Balaban J connectivity index is 1.82. The first kappa shape index (κ1) is 24.1. The fraction of sp³-hybridized carbons (Fsp3) is 1.00. The summed E-state index contributed by atoms with van der Waals surface area (Å²) in [5.74, 6) is 0. The Hall–Kier alpha value is 0.0700. The summed E-state index contributed by atoms with van der Waals surface area (Å²) in [4.78, 5) is 17.4. The molecule has 1 aliphatic rings. The lowest BCUT2D eigenvalue weighted by Crippen LogP contribution is -2.16. The Kier molecular flexibility index (Phi) is 14.0. The second kappa shape index (κ2) is 15.0. The van der Waals surface area contributed by atoms with E-state index in [-0.39, 0.29) is 18.8 Å². The Morgan fingerprint density at radius 3 is 1.77 bits per heavy atom. The van der Waals surface area contributed by atoms with E-state index in [1.807, 2.05) is 0 Å². The number of hydrogen-bond donors (Lipinski definition) is 2. The Morgan fingerprint density at radius 1 is 0.808 bits per heavy atom. The monoisotopic (exact) mass is 392 g/mol. The zero-order valence-corrected chi connectivity index (χ0v) is 17.6. The van der Waals surface area contributed by atoms with Crippen LogP contribution in [0.25, 0.3) is 0 Å². The highest BCUT2D eigenvalue weighted by Gasteiger charge is 2.27. The van der Waals surface area contributed by atoms with E-state index in [9.17, 15) is 4.57 Å². The van der Waals surface area contributed by atoms with Crippen molar-refractivity contribution < 1.29 is 23.6 Å². The van der Waals surface area contributed by atoms with Crippen LogP contribution < -0.4 is 0 Å². The maximum atomic E-state index is 10.7. The first-order chi connectivity index (χ1) is 12.5. The molecule has 0 aromatic carbocycles. The summed E-state index contributed by atoms with van der Waals surface area (Å²) in [6, 6.07) is 0. The molecule has 1 rings (SSSR count). The number of unbranched alkanes of at least 4 members (excludes halogenated alkanes) is 12. The van der Waals surface area contributed by atoms with Gasteiger partial charge in [0.25, 0.3) is 0 Å². The lowest BCUT2D eigenvalue weighted by molar-refractivity contribution is 0.00689. The molecular formula is C20H41O5P. The van der Waals surface area contributed by atoms with Crippen LogP contribution in [0.5, 0.6) is 0 Å². The van der Waals surface area contributed by atoms with Crippen LogP contribution in [0.2, 0.25) is 0 Å². The molecular weight excluding hydrogens is 351 g/mol. The SMILES string of the molecule is CCCCCCCCCCCCCCC[C@H]1CC[C@H](COP(=O)(O)O)O1. The van der Waals surface area contributed by atoms with Crippen LogP contribution in [0.1, 0.15) is 110 Å². The van der Waals surface area contributed by atoms with Crippen molar-refractivity contribution >= 4 is 7.82 Å². The third-order valence-corrected chi connectivity index (χ3v) is 5.74. The summed E-state index contributed by atoms with van der Waals surface area (Å²) < 4.78 is 21.0. The van der Waals surface area contributed by atoms with Crippen LogP contribution in [0.3, 0.4) is 0 Å². The van der Waals surface area contributed by atoms with Crippen LogP contribution >= 0.6 is 7.82 Å². The van der Waals surface area contributed by atoms with Crippen LogP contribution in [0.15, 0.2) is 0 Å². The van der Waals surface area contributed by atoms with Crippen LogP contribution in [-0.2, 0) is 13.8 Å². The molecule has 156 valence electrons. The van der Waals surface area contributed by atoms with Gasteiger partial charge in [-0.15, -0.1) is 0 Å². The predicted molar refractivity (Wildman–Crippen MR) is 106 cm³/mol. The minimum absolute atomic E-state index is 0.000613. The smallest absolute Gasteiger partial charge is 0.373 e. The van der Waals surface area contributed by atoms with E-state index in [0.717, 1.165) is 19.3 Å². The van der Waals surface area contributed by atoms with Gasteiger partial charge in [-0.25, -0.2) is 4.57 Å². The topological polar surface area (TPSA) is 76.0 Å². The molecule has 2 atom stereocenters. The average Bonchev–Trinajstić information content (AvgIpc) is 3.04. The van der Waals surface area contributed by atoms with Crippen molar-refractivity contribution in [3.63, 3.8) is 0 Å². The molecule has 0 unspecified atom stereocenters. The van der Waals surface area contributed by atoms with E-state index in [1.165, 1.54) is 83.5 Å². The summed E-state index contributed by atoms with van der Waals surface area (Å²) in [5.41, 5.74) is 0. The summed E-state index contributed by atoms with van der Waals surface area (Å²) in [5, 5.41) is 0. The number of rotatable bonds is 17. The van der Waals surface area contributed by atoms with Gasteiger partial charge in [-0.05, 0) is 19.3 Å². The molecule has 5 nitrogen and oxygen atoms in total. The van der Waals surface area contributed by atoms with Crippen molar-refractivity contribution in [1.82, 2.24) is 0 Å². The average molecular weight is 393 g/mol. The molecule has 0 spiro atoms. The Morgan fingerprint density at radius 2 is 1.27 bits per heavy atom. The highest BCUT2D eigenvalue weighted by molar-refractivity contribution is 7.46. The largest absolute Gasteiger partial charge is 0.469 e. The number of phosphoric ester groups is 1. The third-order valence-electron chi connectivity index (χ3n) is 5.25. The normalized spacial score (nSPS) is 20.7. The van der Waals surface area contributed by atoms with Crippen LogP contribution in [0.4, 0.5) is 0 Å². The van der Waals surface area contributed by atoms with Gasteiger partial charge >= 0.3 is 7.82 Å². The fourth-order valence-corrected chi connectivity index (χ4v) is 4.05. The van der Waals surface area contributed by atoms with Gasteiger partial charge in [-0.3, -0.25) is 4.52 Å². The van der Waals surface area contributed by atoms with E-state index in [0.29, 0.717) is 0 Å². The molecule has 0 aromatic rings. The number of ether oxygens (including phenoxy) is 1. The standard InChI is InChI=1S/C20H41O5P/c1-2-3-4-5-6-7-8-9-10-11-12-13-14-15-19-16-17-20(25-19)18-24-26(21,22)23/h19-20H,2-18H2,1H3,(H2,21,22,23)/t19-,20+/m0/s1. The quantitative estimate of drug-likeness (QED) is 0.230. The zero-order valence-electron chi connectivity index (χ0n) is 16.7. The van der Waals surface area contributed by atoms with Gasteiger partial charge in [-0.1, -0.05) is 90.4 Å². The minimum atomic E-state index is -4.37. The van der Waals surface area contributed by atoms with Crippen molar-refractivity contribution in [1.29, 1.82) is 0 Å². The molecule has 0 bridgehead atoms. The van der Waals surface area contributed by atoms with Gasteiger partial charge in [0.1, 0.15) is 0 Å². The third kappa shape index (κ3) is 14.2. The van der Waals surface area contributed by atoms with Gasteiger partial charge in [-0.2, -0.15) is 0 Å². The molecule has 6 heteroatoms. The molecule has 1 saturated heterocycles. The predicted octanol–water partition coefficient (Wildman–Crippen LogP) is 6.12. The van der Waals surface area contributed by atoms with Gasteiger partial charge in [0.05, 0.1) is 18.8 Å². The van der Waals surface area contributed by atoms with E-state index in [2.05, 4.69) is 11.4 Å². The van der Waals surface area contributed by atoms with Crippen molar-refractivity contribution in [2.24, 2.45) is 0 Å². The Labute approximate surface area is 160 Å². The molecule has 1 aliphatic heterocycles. The van der Waals surface area contributed by atoms with Crippen molar-refractivity contribution in [3.05, 3.63) is 0 Å². The van der Waals surface area contributed by atoms with Crippen molar-refractivity contribution in [2.45, 2.75) is 122 Å². The summed E-state index contributed by atoms with van der Waals surface area (Å²) in [6.45, 7) is 2.27. The molecule has 0 saturated carbocycles. The van der Waals surface area contributed by atoms with Crippen molar-refractivity contribution in [3.8, 4) is 0 Å². The van der Waals surface area contributed by atoms with E-state index in [1.54, 1.807) is 0 Å². The first-order valence-electron chi connectivity index (χ1n) is 10.9. The molecule has 1 fully saturated rings. The molecule has 26 heavy (non-hydrogen) atoms. The molecule has 0 radical (unpaired) electrons. The molecule has 0 aliphatic carbocycles. The summed E-state index contributed by atoms with van der Waals surface area (Å²) >= 11 is 0. The molecule has 1 heterocycles. The second-order valence-electron chi connectivity index (χ2n) is 7.78. The zero-order chi connectivity index (χ0) is 19.1. The Bertz CT molecular complexity index is 371. The first-order valence-corrected chi connectivity index (χ1v) is 12.4. The summed E-state index contributed by atoms with van der Waals surface area (Å²) in [7, 11) is -4.37. The minimum Gasteiger partial charge on any atom is -0.373 e.